The minimum absolute atomic E-state index is 0.111. The molecule has 0 radical (unpaired) electrons. The molecule has 1 aromatic carbocycles. The van der Waals surface area contributed by atoms with E-state index in [1.807, 2.05) is 0 Å². The van der Waals surface area contributed by atoms with E-state index >= 15 is 0 Å². The first-order valence-corrected chi connectivity index (χ1v) is 4.50. The van der Waals surface area contributed by atoms with E-state index in [1.165, 1.54) is 18.2 Å². The lowest BCUT2D eigenvalue weighted by molar-refractivity contribution is 0.537. The van der Waals surface area contributed by atoms with Crippen molar-refractivity contribution >= 4 is 22.8 Å². The highest BCUT2D eigenvalue weighted by Gasteiger charge is 1.98. The van der Waals surface area contributed by atoms with E-state index in [2.05, 4.69) is 4.99 Å². The maximum Gasteiger partial charge on any atom is 0.240 e. The first kappa shape index (κ1) is 9.80. The molecule has 0 amide bonds. The molecule has 0 N–H and O–H groups in total. The van der Waals surface area contributed by atoms with Crippen LogP contribution in [0.3, 0.4) is 0 Å². The Kier molecular flexibility index (Phi) is 3.08. The van der Waals surface area contributed by atoms with Crippen LogP contribution < -0.4 is 0 Å². The van der Waals surface area contributed by atoms with Gasteiger partial charge < -0.3 is 4.55 Å². The zero-order valence-electron chi connectivity index (χ0n) is 6.81. The van der Waals surface area contributed by atoms with Gasteiger partial charge in [-0.05, 0) is 35.7 Å². The Hall–Kier alpha value is -1.29. The summed E-state index contributed by atoms with van der Waals surface area (Å²) in [7, 11) is 0. The quantitative estimate of drug-likeness (QED) is 0.405. The molecule has 4 nitrogen and oxygen atoms in total. The van der Waals surface area contributed by atoms with Gasteiger partial charge in [0, 0.05) is 4.90 Å². The maximum absolute atomic E-state index is 10.5. The van der Waals surface area contributed by atoms with Crippen molar-refractivity contribution in [1.82, 2.24) is 0 Å². The molecule has 1 aromatic rings. The molecule has 0 aliphatic carbocycles. The molecule has 13 heavy (non-hydrogen) atoms. The van der Waals surface area contributed by atoms with Crippen molar-refractivity contribution in [2.45, 2.75) is 11.8 Å². The van der Waals surface area contributed by atoms with E-state index < -0.39 is 11.1 Å². The fourth-order valence-corrected chi connectivity index (χ4v) is 1.25. The van der Waals surface area contributed by atoms with E-state index in [1.54, 1.807) is 13.0 Å². The summed E-state index contributed by atoms with van der Waals surface area (Å²) >= 11 is -2.29. The number of aryl methyl sites for hydroxylation is 1. The van der Waals surface area contributed by atoms with Gasteiger partial charge in [-0.1, -0.05) is 6.07 Å². The highest BCUT2D eigenvalue weighted by atomic mass is 32.2. The first-order valence-electron chi connectivity index (χ1n) is 3.43. The van der Waals surface area contributed by atoms with Crippen LogP contribution in [0.15, 0.2) is 28.1 Å². The van der Waals surface area contributed by atoms with Crippen LogP contribution >= 0.6 is 0 Å². The minimum atomic E-state index is -2.29. The van der Waals surface area contributed by atoms with Crippen LogP contribution in [0.1, 0.15) is 5.56 Å². The third-order valence-corrected chi connectivity index (χ3v) is 2.18. The van der Waals surface area contributed by atoms with Gasteiger partial charge in [0.15, 0.2) is 0 Å². The SMILES string of the molecule is Cc1ccc(S(=O)[O-])cc1N=C=O. The smallest absolute Gasteiger partial charge is 0.240 e. The summed E-state index contributed by atoms with van der Waals surface area (Å²) in [5.74, 6) is 0. The number of benzene rings is 1. The average molecular weight is 196 g/mol. The van der Waals surface area contributed by atoms with Crippen LogP contribution in [-0.2, 0) is 15.9 Å². The summed E-state index contributed by atoms with van der Waals surface area (Å²) in [6.07, 6.45) is 1.36. The van der Waals surface area contributed by atoms with Crippen molar-refractivity contribution in [1.29, 1.82) is 0 Å². The van der Waals surface area contributed by atoms with Crippen LogP contribution in [0.5, 0.6) is 0 Å². The zero-order chi connectivity index (χ0) is 9.84. The van der Waals surface area contributed by atoms with Gasteiger partial charge in [0.1, 0.15) is 0 Å². The lowest BCUT2D eigenvalue weighted by Gasteiger charge is -2.06. The largest absolute Gasteiger partial charge is 0.768 e. The van der Waals surface area contributed by atoms with Gasteiger partial charge in [-0.2, -0.15) is 4.99 Å². The molecule has 0 fully saturated rings. The van der Waals surface area contributed by atoms with Gasteiger partial charge in [0.2, 0.25) is 6.08 Å². The standard InChI is InChI=1S/C8H7NO3S/c1-6-2-3-7(13(11)12)4-8(6)9-5-10/h2-4H,1H3,(H,11,12)/p-1. The summed E-state index contributed by atoms with van der Waals surface area (Å²) in [6, 6.07) is 4.35. The number of aliphatic imine (C=N–C) groups is 1. The maximum atomic E-state index is 10.5. The third-order valence-electron chi connectivity index (χ3n) is 1.54. The molecule has 0 aliphatic heterocycles. The number of isocyanates is 1. The van der Waals surface area contributed by atoms with Crippen LogP contribution in [-0.4, -0.2) is 14.8 Å². The Morgan fingerprint density at radius 2 is 2.23 bits per heavy atom. The molecule has 0 heterocycles. The molecule has 0 bridgehead atoms. The number of nitrogens with zero attached hydrogens (tertiary/aromatic N) is 1. The lowest BCUT2D eigenvalue weighted by atomic mass is 10.2. The molecule has 1 atom stereocenters. The third kappa shape index (κ3) is 2.32. The number of carbonyl (C=O) groups excluding carboxylic acids is 1. The Balaban J connectivity index is 3.26. The summed E-state index contributed by atoms with van der Waals surface area (Å²) in [5, 5.41) is 0. The monoisotopic (exact) mass is 196 g/mol. The Morgan fingerprint density at radius 3 is 2.77 bits per heavy atom. The number of hydrogen-bond acceptors (Lipinski definition) is 4. The summed E-state index contributed by atoms with van der Waals surface area (Å²) < 4.78 is 21.1. The van der Waals surface area contributed by atoms with Crippen LogP contribution in [0.2, 0.25) is 0 Å². The first-order chi connectivity index (χ1) is 6.15. The average Bonchev–Trinajstić information content (AvgIpc) is 2.08. The van der Waals surface area contributed by atoms with Gasteiger partial charge in [0.05, 0.1) is 5.69 Å². The van der Waals surface area contributed by atoms with Crippen molar-refractivity contribution in [2.24, 2.45) is 4.99 Å². The second-order valence-corrected chi connectivity index (χ2v) is 3.33. The van der Waals surface area contributed by atoms with Crippen LogP contribution in [0, 0.1) is 6.92 Å². The Morgan fingerprint density at radius 1 is 1.54 bits per heavy atom. The number of hydrogen-bond donors (Lipinski definition) is 0. The van der Waals surface area contributed by atoms with Gasteiger partial charge in [-0.3, -0.25) is 4.21 Å². The summed E-state index contributed by atoms with van der Waals surface area (Å²) in [4.78, 5) is 13.4. The number of rotatable bonds is 2. The fourth-order valence-electron chi connectivity index (χ4n) is 0.863. The zero-order valence-corrected chi connectivity index (χ0v) is 7.63. The van der Waals surface area contributed by atoms with E-state index in [9.17, 15) is 13.6 Å². The predicted molar refractivity (Wildman–Crippen MR) is 46.1 cm³/mol. The highest BCUT2D eigenvalue weighted by molar-refractivity contribution is 7.79. The van der Waals surface area contributed by atoms with Gasteiger partial charge in [0.25, 0.3) is 0 Å². The Bertz CT molecular complexity index is 396. The van der Waals surface area contributed by atoms with Gasteiger partial charge in [-0.15, -0.1) is 0 Å². The van der Waals surface area contributed by atoms with Crippen molar-refractivity contribution < 1.29 is 13.6 Å². The molecule has 0 aromatic heterocycles. The van der Waals surface area contributed by atoms with Crippen molar-refractivity contribution in [2.75, 3.05) is 0 Å². The minimum Gasteiger partial charge on any atom is -0.768 e. The van der Waals surface area contributed by atoms with Crippen LogP contribution in [0.25, 0.3) is 0 Å². The molecule has 0 saturated carbocycles. The van der Waals surface area contributed by atoms with E-state index in [0.717, 1.165) is 5.56 Å². The van der Waals surface area contributed by atoms with Crippen molar-refractivity contribution in [3.8, 4) is 0 Å². The van der Waals surface area contributed by atoms with Crippen molar-refractivity contribution in [3.63, 3.8) is 0 Å². The fraction of sp³-hybridized carbons (Fsp3) is 0.125. The van der Waals surface area contributed by atoms with E-state index in [4.69, 9.17) is 0 Å². The molecule has 68 valence electrons. The van der Waals surface area contributed by atoms with Gasteiger partial charge >= 0.3 is 0 Å². The van der Waals surface area contributed by atoms with Gasteiger partial charge in [-0.25, -0.2) is 4.79 Å². The topological polar surface area (TPSA) is 69.6 Å². The molecule has 0 spiro atoms. The summed E-state index contributed by atoms with van der Waals surface area (Å²) in [5.41, 5.74) is 1.06. The normalized spacial score (nSPS) is 11.8. The van der Waals surface area contributed by atoms with Crippen molar-refractivity contribution in [3.05, 3.63) is 23.8 Å². The molecular formula is C8H6NO3S-. The highest BCUT2D eigenvalue weighted by Crippen LogP contribution is 2.20. The molecular weight excluding hydrogens is 190 g/mol. The second-order valence-electron chi connectivity index (χ2n) is 2.39. The lowest BCUT2D eigenvalue weighted by Crippen LogP contribution is -1.88. The molecule has 0 saturated heterocycles. The molecule has 1 unspecified atom stereocenters. The van der Waals surface area contributed by atoms with E-state index in [0.29, 0.717) is 5.69 Å². The molecule has 0 aliphatic rings. The molecule has 5 heteroatoms. The molecule has 1 rings (SSSR count). The Labute approximate surface area is 77.6 Å². The van der Waals surface area contributed by atoms with E-state index in [-0.39, 0.29) is 4.90 Å². The second kappa shape index (κ2) is 4.09. The predicted octanol–water partition coefficient (Wildman–Crippen LogP) is 1.20. The van der Waals surface area contributed by atoms with Crippen LogP contribution in [0.4, 0.5) is 5.69 Å². The summed E-state index contributed by atoms with van der Waals surface area (Å²) in [6.45, 7) is 1.73.